The fraction of sp³-hybridized carbons (Fsp3) is 0.831. The number of unbranched alkanes of at least 4 members (excludes halogenated alkanes) is 47. The molecule has 0 N–H and O–H groups in total. The van der Waals surface area contributed by atoms with Gasteiger partial charge in [-0.15, -0.1) is 0 Å². The Labute approximate surface area is 517 Å². The summed E-state index contributed by atoms with van der Waals surface area (Å²) >= 11 is 0. The average molecular weight is 1160 g/mol. The van der Waals surface area contributed by atoms with Gasteiger partial charge in [0.15, 0.2) is 6.10 Å². The molecule has 83 heavy (non-hydrogen) atoms. The number of rotatable bonds is 68. The fourth-order valence-corrected chi connectivity index (χ4v) is 11.0. The van der Waals surface area contributed by atoms with E-state index in [0.717, 1.165) is 96.3 Å². The van der Waals surface area contributed by atoms with Crippen molar-refractivity contribution in [3.05, 3.63) is 60.8 Å². The van der Waals surface area contributed by atoms with Gasteiger partial charge in [0.1, 0.15) is 13.2 Å². The summed E-state index contributed by atoms with van der Waals surface area (Å²) in [5.74, 6) is -0.902. The topological polar surface area (TPSA) is 78.9 Å². The zero-order chi connectivity index (χ0) is 59.9. The molecule has 0 rings (SSSR count). The van der Waals surface area contributed by atoms with Crippen molar-refractivity contribution >= 4 is 17.9 Å². The molecule has 6 nitrogen and oxygen atoms in total. The molecule has 0 heterocycles. The molecule has 484 valence electrons. The Hall–Kier alpha value is -2.89. The van der Waals surface area contributed by atoms with Gasteiger partial charge in [0.25, 0.3) is 0 Å². The number of allylic oxidation sites excluding steroid dienone is 10. The number of carbonyl (C=O) groups excluding carboxylic acids is 3. The van der Waals surface area contributed by atoms with Crippen LogP contribution in [-0.4, -0.2) is 37.2 Å². The van der Waals surface area contributed by atoms with Gasteiger partial charge in [-0.25, -0.2) is 0 Å². The van der Waals surface area contributed by atoms with E-state index in [1.807, 2.05) is 0 Å². The Morgan fingerprint density at radius 1 is 0.253 bits per heavy atom. The van der Waals surface area contributed by atoms with E-state index in [1.54, 1.807) is 0 Å². The van der Waals surface area contributed by atoms with E-state index in [0.29, 0.717) is 19.3 Å². The third-order valence-corrected chi connectivity index (χ3v) is 16.5. The highest BCUT2D eigenvalue weighted by molar-refractivity contribution is 5.71. The van der Waals surface area contributed by atoms with Crippen molar-refractivity contribution in [3.63, 3.8) is 0 Å². The van der Waals surface area contributed by atoms with Crippen LogP contribution in [0.15, 0.2) is 60.8 Å². The predicted molar refractivity (Wildman–Crippen MR) is 362 cm³/mol. The summed E-state index contributed by atoms with van der Waals surface area (Å²) in [4.78, 5) is 38.4. The van der Waals surface area contributed by atoms with Crippen molar-refractivity contribution in [2.75, 3.05) is 13.2 Å². The molecule has 0 bridgehead atoms. The maximum absolute atomic E-state index is 12.9. The molecule has 6 heteroatoms. The molecule has 0 fully saturated rings. The highest BCUT2D eigenvalue weighted by Gasteiger charge is 2.19. The predicted octanol–water partition coefficient (Wildman–Crippen LogP) is 25.5. The van der Waals surface area contributed by atoms with Crippen LogP contribution in [0.4, 0.5) is 0 Å². The third kappa shape index (κ3) is 69.8. The molecule has 0 radical (unpaired) electrons. The second-order valence-electron chi connectivity index (χ2n) is 24.8. The van der Waals surface area contributed by atoms with Crippen molar-refractivity contribution in [1.29, 1.82) is 0 Å². The zero-order valence-electron chi connectivity index (χ0n) is 55.7. The minimum absolute atomic E-state index is 0.0839. The Bertz CT molecular complexity index is 1470. The van der Waals surface area contributed by atoms with E-state index in [1.165, 1.54) is 257 Å². The SMILES string of the molecule is CC/C=C\C/C=C\C/C=C\CCCCCC(=O)OCC(COC(=O)CCCCCCCCCCCCCCCCCCCCCCCCCCCCCCCCCCCCC)OC(=O)CCCCCCCCC/C=C\C/C=C\CCCCC. The van der Waals surface area contributed by atoms with Gasteiger partial charge in [0.2, 0.25) is 0 Å². The van der Waals surface area contributed by atoms with Crippen molar-refractivity contribution in [1.82, 2.24) is 0 Å². The normalized spacial score (nSPS) is 12.4. The average Bonchev–Trinajstić information content (AvgIpc) is 3.49. The zero-order valence-corrected chi connectivity index (χ0v) is 55.7. The lowest BCUT2D eigenvalue weighted by atomic mass is 10.0. The Morgan fingerprint density at radius 3 is 0.771 bits per heavy atom. The van der Waals surface area contributed by atoms with Crippen molar-refractivity contribution in [2.45, 2.75) is 399 Å². The first-order chi connectivity index (χ1) is 41.0. The minimum atomic E-state index is -0.791. The van der Waals surface area contributed by atoms with Crippen LogP contribution in [-0.2, 0) is 28.6 Å². The van der Waals surface area contributed by atoms with Crippen molar-refractivity contribution in [2.24, 2.45) is 0 Å². The van der Waals surface area contributed by atoms with Gasteiger partial charge in [0, 0.05) is 19.3 Å². The molecule has 1 unspecified atom stereocenters. The molecule has 0 aromatic heterocycles. The summed E-state index contributed by atoms with van der Waals surface area (Å²) in [5, 5.41) is 0. The second-order valence-corrected chi connectivity index (χ2v) is 24.8. The standard InChI is InChI=1S/C77H140O6/c1-4-7-10-13-16-19-22-25-27-29-30-31-32-33-34-35-36-37-38-39-40-41-42-43-44-45-46-48-49-52-55-58-61-64-67-70-76(79)82-73-74(72-81-75(78)69-66-63-60-57-54-51-24-21-18-15-12-9-6-3)83-77(80)71-68-65-62-59-56-53-50-47-28-26-23-20-17-14-11-8-5-2/h9,12,17-18,20-21,26,28,51,54,74H,4-8,10-11,13-16,19,22-25,27,29-50,52-53,55-73H2,1-3H3/b12-9-,20-17-,21-18-,28-26-,54-51-. The van der Waals surface area contributed by atoms with Gasteiger partial charge in [-0.1, -0.05) is 351 Å². The van der Waals surface area contributed by atoms with Crippen LogP contribution in [0.2, 0.25) is 0 Å². The lowest BCUT2D eigenvalue weighted by Crippen LogP contribution is -2.30. The van der Waals surface area contributed by atoms with E-state index in [-0.39, 0.29) is 31.1 Å². The molecule has 0 aliphatic carbocycles. The van der Waals surface area contributed by atoms with Gasteiger partial charge in [-0.2, -0.15) is 0 Å². The molecule has 0 saturated carbocycles. The molecule has 0 aromatic carbocycles. The summed E-state index contributed by atoms with van der Waals surface area (Å²) in [6.45, 7) is 6.53. The minimum Gasteiger partial charge on any atom is -0.462 e. The first-order valence-electron chi connectivity index (χ1n) is 36.8. The molecule has 1 atom stereocenters. The van der Waals surface area contributed by atoms with E-state index in [2.05, 4.69) is 81.5 Å². The Balaban J connectivity index is 4.08. The maximum atomic E-state index is 12.9. The quantitative estimate of drug-likeness (QED) is 0.0261. The van der Waals surface area contributed by atoms with Crippen LogP contribution < -0.4 is 0 Å². The molecule has 0 amide bonds. The van der Waals surface area contributed by atoms with E-state index >= 15 is 0 Å². The van der Waals surface area contributed by atoms with Crippen LogP contribution in [0.3, 0.4) is 0 Å². The van der Waals surface area contributed by atoms with Crippen LogP contribution in [0.25, 0.3) is 0 Å². The van der Waals surface area contributed by atoms with Crippen molar-refractivity contribution in [3.8, 4) is 0 Å². The van der Waals surface area contributed by atoms with Crippen LogP contribution >= 0.6 is 0 Å². The smallest absolute Gasteiger partial charge is 0.306 e. The highest BCUT2D eigenvalue weighted by Crippen LogP contribution is 2.19. The van der Waals surface area contributed by atoms with E-state index < -0.39 is 6.10 Å². The van der Waals surface area contributed by atoms with E-state index in [9.17, 15) is 14.4 Å². The van der Waals surface area contributed by atoms with Gasteiger partial charge < -0.3 is 14.2 Å². The lowest BCUT2D eigenvalue weighted by Gasteiger charge is -2.18. The molecule has 0 aliphatic heterocycles. The molecular weight excluding hydrogens is 1020 g/mol. The molecule has 0 saturated heterocycles. The number of hydrogen-bond donors (Lipinski definition) is 0. The van der Waals surface area contributed by atoms with Gasteiger partial charge in [-0.3, -0.25) is 14.4 Å². The van der Waals surface area contributed by atoms with Crippen molar-refractivity contribution < 1.29 is 28.6 Å². The number of esters is 3. The summed E-state index contributed by atoms with van der Waals surface area (Å²) in [6, 6.07) is 0. The summed E-state index contributed by atoms with van der Waals surface area (Å²) < 4.78 is 16.9. The van der Waals surface area contributed by atoms with Crippen LogP contribution in [0, 0.1) is 0 Å². The molecule has 0 aliphatic rings. The number of hydrogen-bond acceptors (Lipinski definition) is 6. The third-order valence-electron chi connectivity index (χ3n) is 16.5. The maximum Gasteiger partial charge on any atom is 0.306 e. The summed E-state index contributed by atoms with van der Waals surface area (Å²) in [7, 11) is 0. The number of carbonyl (C=O) groups is 3. The van der Waals surface area contributed by atoms with Crippen LogP contribution in [0.5, 0.6) is 0 Å². The highest BCUT2D eigenvalue weighted by atomic mass is 16.6. The lowest BCUT2D eigenvalue weighted by molar-refractivity contribution is -0.167. The Morgan fingerprint density at radius 2 is 0.470 bits per heavy atom. The van der Waals surface area contributed by atoms with Gasteiger partial charge >= 0.3 is 17.9 Å². The fourth-order valence-electron chi connectivity index (χ4n) is 11.0. The molecule has 0 aromatic rings. The van der Waals surface area contributed by atoms with E-state index in [4.69, 9.17) is 14.2 Å². The first-order valence-corrected chi connectivity index (χ1v) is 36.8. The Kier molecular flexibility index (Phi) is 69.1. The largest absolute Gasteiger partial charge is 0.462 e. The molecule has 0 spiro atoms. The van der Waals surface area contributed by atoms with Crippen LogP contribution in [0.1, 0.15) is 393 Å². The first kappa shape index (κ1) is 80.1. The summed E-state index contributed by atoms with van der Waals surface area (Å²) in [6.07, 6.45) is 92.9. The number of ether oxygens (including phenoxy) is 3. The summed E-state index contributed by atoms with van der Waals surface area (Å²) in [5.41, 5.74) is 0. The monoisotopic (exact) mass is 1160 g/mol. The van der Waals surface area contributed by atoms with Gasteiger partial charge in [0.05, 0.1) is 0 Å². The molecular formula is C77H140O6. The second kappa shape index (κ2) is 71.6. The van der Waals surface area contributed by atoms with Gasteiger partial charge in [-0.05, 0) is 83.5 Å².